The minimum atomic E-state index is -0.000262. The van der Waals surface area contributed by atoms with E-state index >= 15 is 0 Å². The SMILES string of the molecule is CC1CCC(C(NN)c2ncc(Cl)cc2Cl)CC1C. The standard InChI is InChI=1S/C14H21Cl2N3/c1-8-3-4-10(5-9(8)2)13(19-17)14-12(16)6-11(15)7-18-14/h6-10,13,19H,3-5,17H2,1-2H3. The summed E-state index contributed by atoms with van der Waals surface area (Å²) in [5, 5.41) is 1.14. The van der Waals surface area contributed by atoms with Crippen LogP contribution in [0.5, 0.6) is 0 Å². The smallest absolute Gasteiger partial charge is 0.0776 e. The number of nitrogens with zero attached hydrogens (tertiary/aromatic N) is 1. The van der Waals surface area contributed by atoms with Gasteiger partial charge in [-0.2, -0.15) is 0 Å². The maximum absolute atomic E-state index is 6.24. The lowest BCUT2D eigenvalue weighted by atomic mass is 9.73. The third-order valence-electron chi connectivity index (χ3n) is 4.42. The van der Waals surface area contributed by atoms with Gasteiger partial charge in [-0.15, -0.1) is 0 Å². The molecule has 3 N–H and O–H groups in total. The minimum Gasteiger partial charge on any atom is -0.271 e. The van der Waals surface area contributed by atoms with Crippen LogP contribution in [0.1, 0.15) is 44.8 Å². The number of hydrogen-bond acceptors (Lipinski definition) is 3. The summed E-state index contributed by atoms with van der Waals surface area (Å²) in [5.41, 5.74) is 3.70. The van der Waals surface area contributed by atoms with E-state index in [1.807, 2.05) is 0 Å². The number of nitrogens with one attached hydrogen (secondary N) is 1. The number of aromatic nitrogens is 1. The fourth-order valence-corrected chi connectivity index (χ4v) is 3.48. The summed E-state index contributed by atoms with van der Waals surface area (Å²) in [6.07, 6.45) is 5.16. The second-order valence-corrected chi connectivity index (χ2v) is 6.54. The zero-order valence-electron chi connectivity index (χ0n) is 11.4. The van der Waals surface area contributed by atoms with Crippen LogP contribution in [0.4, 0.5) is 0 Å². The largest absolute Gasteiger partial charge is 0.271 e. The van der Waals surface area contributed by atoms with Crippen LogP contribution in [0, 0.1) is 17.8 Å². The van der Waals surface area contributed by atoms with Gasteiger partial charge in [0.25, 0.3) is 0 Å². The molecule has 0 spiro atoms. The molecule has 1 fully saturated rings. The normalized spacial score (nSPS) is 29.2. The van der Waals surface area contributed by atoms with E-state index < -0.39 is 0 Å². The van der Waals surface area contributed by atoms with E-state index in [1.54, 1.807) is 12.3 Å². The Morgan fingerprint density at radius 3 is 2.63 bits per heavy atom. The molecular weight excluding hydrogens is 281 g/mol. The molecule has 0 aliphatic heterocycles. The van der Waals surface area contributed by atoms with Gasteiger partial charge in [-0.25, -0.2) is 0 Å². The molecule has 1 saturated carbocycles. The lowest BCUT2D eigenvalue weighted by Gasteiger charge is -2.36. The first-order valence-electron chi connectivity index (χ1n) is 6.80. The monoisotopic (exact) mass is 301 g/mol. The Labute approximate surface area is 124 Å². The van der Waals surface area contributed by atoms with E-state index in [2.05, 4.69) is 24.3 Å². The first kappa shape index (κ1) is 15.0. The maximum Gasteiger partial charge on any atom is 0.0776 e. The summed E-state index contributed by atoms with van der Waals surface area (Å²) in [6, 6.07) is 1.73. The van der Waals surface area contributed by atoms with Crippen LogP contribution in [-0.4, -0.2) is 4.98 Å². The van der Waals surface area contributed by atoms with Crippen LogP contribution in [0.15, 0.2) is 12.3 Å². The summed E-state index contributed by atoms with van der Waals surface area (Å²) in [4.78, 5) is 4.36. The van der Waals surface area contributed by atoms with E-state index in [0.717, 1.165) is 24.5 Å². The van der Waals surface area contributed by atoms with Crippen molar-refractivity contribution in [1.29, 1.82) is 0 Å². The fraction of sp³-hybridized carbons (Fsp3) is 0.643. The van der Waals surface area contributed by atoms with E-state index in [1.165, 1.54) is 6.42 Å². The van der Waals surface area contributed by atoms with Crippen molar-refractivity contribution in [1.82, 2.24) is 10.4 Å². The maximum atomic E-state index is 6.24. The lowest BCUT2D eigenvalue weighted by Crippen LogP contribution is -2.37. The number of nitrogens with two attached hydrogens (primary N) is 1. The van der Waals surface area contributed by atoms with Crippen LogP contribution in [-0.2, 0) is 0 Å². The van der Waals surface area contributed by atoms with Gasteiger partial charge in [0, 0.05) is 6.20 Å². The van der Waals surface area contributed by atoms with Crippen LogP contribution in [0.2, 0.25) is 10.0 Å². The number of hydrogen-bond donors (Lipinski definition) is 2. The van der Waals surface area contributed by atoms with Gasteiger partial charge in [-0.05, 0) is 36.7 Å². The minimum absolute atomic E-state index is 0.000262. The second-order valence-electron chi connectivity index (χ2n) is 5.69. The van der Waals surface area contributed by atoms with Gasteiger partial charge in [0.15, 0.2) is 0 Å². The molecule has 1 heterocycles. The Balaban J connectivity index is 2.20. The highest BCUT2D eigenvalue weighted by atomic mass is 35.5. The van der Waals surface area contributed by atoms with Crippen molar-refractivity contribution < 1.29 is 0 Å². The van der Waals surface area contributed by atoms with Gasteiger partial charge in [0.1, 0.15) is 0 Å². The summed E-state index contributed by atoms with van der Waals surface area (Å²) in [6.45, 7) is 4.63. The van der Waals surface area contributed by atoms with Crippen molar-refractivity contribution >= 4 is 23.2 Å². The van der Waals surface area contributed by atoms with Crippen molar-refractivity contribution in [3.05, 3.63) is 28.0 Å². The molecule has 0 saturated heterocycles. The molecule has 19 heavy (non-hydrogen) atoms. The molecule has 1 aliphatic carbocycles. The van der Waals surface area contributed by atoms with Gasteiger partial charge in [-0.1, -0.05) is 43.5 Å². The second kappa shape index (κ2) is 6.40. The molecule has 3 nitrogen and oxygen atoms in total. The highest BCUT2D eigenvalue weighted by Gasteiger charge is 2.32. The molecule has 4 atom stereocenters. The molecule has 0 bridgehead atoms. The summed E-state index contributed by atoms with van der Waals surface area (Å²) in [7, 11) is 0. The molecule has 4 unspecified atom stereocenters. The predicted octanol–water partition coefficient (Wildman–Crippen LogP) is 3.97. The van der Waals surface area contributed by atoms with Crippen LogP contribution < -0.4 is 11.3 Å². The Morgan fingerprint density at radius 2 is 2.05 bits per heavy atom. The lowest BCUT2D eigenvalue weighted by molar-refractivity contribution is 0.170. The number of halogens is 2. The molecule has 0 aromatic carbocycles. The van der Waals surface area contributed by atoms with E-state index in [0.29, 0.717) is 21.9 Å². The quantitative estimate of drug-likeness (QED) is 0.656. The highest BCUT2D eigenvalue weighted by molar-refractivity contribution is 6.34. The Hall–Kier alpha value is -0.350. The fourth-order valence-electron chi connectivity index (χ4n) is 2.98. The van der Waals surface area contributed by atoms with Crippen molar-refractivity contribution in [2.75, 3.05) is 0 Å². The van der Waals surface area contributed by atoms with Gasteiger partial charge < -0.3 is 0 Å². The Kier molecular flexibility index (Phi) is 5.07. The van der Waals surface area contributed by atoms with Crippen molar-refractivity contribution in [3.8, 4) is 0 Å². The van der Waals surface area contributed by atoms with E-state index in [9.17, 15) is 0 Å². The summed E-state index contributed by atoms with van der Waals surface area (Å²) in [5.74, 6) is 7.71. The third kappa shape index (κ3) is 3.40. The zero-order valence-corrected chi connectivity index (χ0v) is 12.9. The van der Waals surface area contributed by atoms with Crippen LogP contribution >= 0.6 is 23.2 Å². The summed E-state index contributed by atoms with van der Waals surface area (Å²) < 4.78 is 0. The Bertz CT molecular complexity index is 439. The third-order valence-corrected chi connectivity index (χ3v) is 4.93. The van der Waals surface area contributed by atoms with Gasteiger partial charge >= 0.3 is 0 Å². The molecule has 5 heteroatoms. The molecule has 106 valence electrons. The predicted molar refractivity (Wildman–Crippen MR) is 80.0 cm³/mol. The molecule has 1 aliphatic rings. The number of pyridine rings is 1. The first-order valence-corrected chi connectivity index (χ1v) is 7.55. The topological polar surface area (TPSA) is 50.9 Å². The van der Waals surface area contributed by atoms with E-state index in [4.69, 9.17) is 29.0 Å². The van der Waals surface area contributed by atoms with Gasteiger partial charge in [0.05, 0.1) is 21.8 Å². The van der Waals surface area contributed by atoms with Crippen molar-refractivity contribution in [3.63, 3.8) is 0 Å². The van der Waals surface area contributed by atoms with Crippen LogP contribution in [0.3, 0.4) is 0 Å². The van der Waals surface area contributed by atoms with Crippen molar-refractivity contribution in [2.45, 2.75) is 39.2 Å². The Morgan fingerprint density at radius 1 is 1.32 bits per heavy atom. The van der Waals surface area contributed by atoms with Crippen LogP contribution in [0.25, 0.3) is 0 Å². The molecule has 2 rings (SSSR count). The first-order chi connectivity index (χ1) is 9.02. The molecule has 0 radical (unpaired) electrons. The summed E-state index contributed by atoms with van der Waals surface area (Å²) >= 11 is 12.1. The van der Waals surface area contributed by atoms with Gasteiger partial charge in [0.2, 0.25) is 0 Å². The average molecular weight is 302 g/mol. The molecule has 0 amide bonds. The average Bonchev–Trinajstić information content (AvgIpc) is 2.37. The zero-order chi connectivity index (χ0) is 14.0. The highest BCUT2D eigenvalue weighted by Crippen LogP contribution is 2.40. The molecular formula is C14H21Cl2N3. The number of hydrazine groups is 1. The number of rotatable bonds is 3. The molecule has 1 aromatic heterocycles. The molecule has 1 aromatic rings. The van der Waals surface area contributed by atoms with E-state index in [-0.39, 0.29) is 6.04 Å². The van der Waals surface area contributed by atoms with Crippen molar-refractivity contribution in [2.24, 2.45) is 23.6 Å². The van der Waals surface area contributed by atoms with Gasteiger partial charge in [-0.3, -0.25) is 16.3 Å².